The van der Waals surface area contributed by atoms with Gasteiger partial charge in [0.2, 0.25) is 5.78 Å². The fourth-order valence-electron chi connectivity index (χ4n) is 1.23. The van der Waals surface area contributed by atoms with Crippen LogP contribution in [0.2, 0.25) is 0 Å². The highest BCUT2D eigenvalue weighted by Crippen LogP contribution is 2.21. The van der Waals surface area contributed by atoms with E-state index in [2.05, 4.69) is 4.74 Å². The maximum absolute atomic E-state index is 11.7. The molecule has 0 N–H and O–H groups in total. The predicted octanol–water partition coefficient (Wildman–Crippen LogP) is 1.29. The Kier molecular flexibility index (Phi) is 5.61. The molecule has 0 fully saturated rings. The Morgan fingerprint density at radius 1 is 1.00 bits per heavy atom. The highest BCUT2D eigenvalue weighted by Gasteiger charge is 2.49. The molecule has 0 rings (SSSR count). The first kappa shape index (κ1) is 15.1. The lowest BCUT2D eigenvalue weighted by Crippen LogP contribution is -2.53. The molecule has 5 nitrogen and oxygen atoms in total. The third kappa shape index (κ3) is 3.57. The molecular formula is C11H20O5. The van der Waals surface area contributed by atoms with Crippen molar-refractivity contribution in [3.8, 4) is 0 Å². The summed E-state index contributed by atoms with van der Waals surface area (Å²) in [6, 6.07) is 0. The molecule has 0 aromatic carbocycles. The van der Waals surface area contributed by atoms with Gasteiger partial charge in [-0.05, 0) is 27.7 Å². The molecule has 0 spiro atoms. The van der Waals surface area contributed by atoms with Gasteiger partial charge in [0.1, 0.15) is 0 Å². The monoisotopic (exact) mass is 232 g/mol. The second-order valence-electron chi connectivity index (χ2n) is 4.00. The summed E-state index contributed by atoms with van der Waals surface area (Å²) in [4.78, 5) is 23.2. The van der Waals surface area contributed by atoms with E-state index in [0.29, 0.717) is 0 Å². The molecular weight excluding hydrogens is 212 g/mol. The number of carbonyl (C=O) groups is 2. The third-order valence-corrected chi connectivity index (χ3v) is 1.72. The van der Waals surface area contributed by atoms with Crippen LogP contribution >= 0.6 is 0 Å². The Bertz CT molecular complexity index is 247. The van der Waals surface area contributed by atoms with Crippen molar-refractivity contribution < 1.29 is 23.8 Å². The number of Topliss-reactive ketones (excluding diaryl/α,β-unsaturated/α-hetero) is 1. The van der Waals surface area contributed by atoms with Crippen molar-refractivity contribution in [2.45, 2.75) is 52.6 Å². The average molecular weight is 232 g/mol. The van der Waals surface area contributed by atoms with Gasteiger partial charge in [0.25, 0.3) is 0 Å². The Morgan fingerprint density at radius 3 is 1.56 bits per heavy atom. The summed E-state index contributed by atoms with van der Waals surface area (Å²) in [6.45, 7) is 8.09. The van der Waals surface area contributed by atoms with Crippen molar-refractivity contribution in [1.29, 1.82) is 0 Å². The molecule has 0 bridgehead atoms. The zero-order valence-electron chi connectivity index (χ0n) is 10.7. The average Bonchev–Trinajstić information content (AvgIpc) is 2.13. The highest BCUT2D eigenvalue weighted by atomic mass is 16.7. The molecule has 0 radical (unpaired) electrons. The minimum Gasteiger partial charge on any atom is -0.465 e. The van der Waals surface area contributed by atoms with Gasteiger partial charge in [-0.3, -0.25) is 4.79 Å². The van der Waals surface area contributed by atoms with E-state index in [4.69, 9.17) is 9.47 Å². The van der Waals surface area contributed by atoms with Crippen LogP contribution in [0, 0.1) is 0 Å². The quantitative estimate of drug-likeness (QED) is 0.392. The van der Waals surface area contributed by atoms with Crippen molar-refractivity contribution >= 4 is 11.8 Å². The van der Waals surface area contributed by atoms with E-state index in [-0.39, 0.29) is 12.2 Å². The van der Waals surface area contributed by atoms with Gasteiger partial charge < -0.3 is 14.2 Å². The number of carbonyl (C=O) groups excluding carboxylic acids is 2. The normalized spacial score (nSPS) is 12.0. The second-order valence-corrected chi connectivity index (χ2v) is 4.00. The van der Waals surface area contributed by atoms with Crippen LogP contribution in [0.4, 0.5) is 0 Å². The molecule has 0 aliphatic carbocycles. The molecule has 0 aliphatic heterocycles. The number of rotatable bonds is 6. The van der Waals surface area contributed by atoms with Gasteiger partial charge in [0.05, 0.1) is 19.3 Å². The molecule has 0 heterocycles. The molecule has 94 valence electrons. The molecule has 0 aromatic rings. The van der Waals surface area contributed by atoms with Crippen molar-refractivity contribution in [2.24, 2.45) is 0 Å². The van der Waals surface area contributed by atoms with Crippen molar-refractivity contribution in [3.63, 3.8) is 0 Å². The van der Waals surface area contributed by atoms with Gasteiger partial charge in [0, 0.05) is 6.92 Å². The zero-order chi connectivity index (χ0) is 12.9. The lowest BCUT2D eigenvalue weighted by Gasteiger charge is -2.31. The van der Waals surface area contributed by atoms with Crippen LogP contribution in [-0.2, 0) is 23.8 Å². The van der Waals surface area contributed by atoms with Gasteiger partial charge in [-0.2, -0.15) is 0 Å². The van der Waals surface area contributed by atoms with Crippen molar-refractivity contribution in [3.05, 3.63) is 0 Å². The van der Waals surface area contributed by atoms with Gasteiger partial charge in [-0.1, -0.05) is 0 Å². The number of hydrogen-bond acceptors (Lipinski definition) is 5. The predicted molar refractivity (Wildman–Crippen MR) is 57.9 cm³/mol. The first-order valence-electron chi connectivity index (χ1n) is 5.21. The largest absolute Gasteiger partial charge is 0.465 e. The minimum absolute atomic E-state index is 0.332. The van der Waals surface area contributed by atoms with Crippen molar-refractivity contribution in [2.75, 3.05) is 7.11 Å². The van der Waals surface area contributed by atoms with Crippen LogP contribution in [0.3, 0.4) is 0 Å². The van der Waals surface area contributed by atoms with Crippen LogP contribution in [-0.4, -0.2) is 36.9 Å². The summed E-state index contributed by atoms with van der Waals surface area (Å²) < 4.78 is 15.2. The zero-order valence-corrected chi connectivity index (χ0v) is 10.7. The first-order valence-corrected chi connectivity index (χ1v) is 5.21. The highest BCUT2D eigenvalue weighted by molar-refractivity contribution is 6.04. The second kappa shape index (κ2) is 5.96. The summed E-state index contributed by atoms with van der Waals surface area (Å²) in [5.41, 5.74) is 0. The number of hydrogen-bond donors (Lipinski definition) is 0. The minimum atomic E-state index is -1.95. The number of methoxy groups -OCH3 is 1. The van der Waals surface area contributed by atoms with Crippen LogP contribution in [0.5, 0.6) is 0 Å². The Morgan fingerprint density at radius 2 is 1.38 bits per heavy atom. The molecule has 0 amide bonds. The van der Waals surface area contributed by atoms with Crippen LogP contribution in [0.1, 0.15) is 34.6 Å². The van der Waals surface area contributed by atoms with Crippen molar-refractivity contribution in [1.82, 2.24) is 0 Å². The Hall–Kier alpha value is -0.940. The van der Waals surface area contributed by atoms with E-state index in [1.54, 1.807) is 27.7 Å². The van der Waals surface area contributed by atoms with Gasteiger partial charge in [-0.25, -0.2) is 4.79 Å². The molecule has 0 aromatic heterocycles. The summed E-state index contributed by atoms with van der Waals surface area (Å²) in [6.07, 6.45) is -0.663. The maximum Gasteiger partial charge on any atom is 0.375 e. The third-order valence-electron chi connectivity index (χ3n) is 1.72. The van der Waals surface area contributed by atoms with E-state index >= 15 is 0 Å². The lowest BCUT2D eigenvalue weighted by atomic mass is 10.1. The smallest absolute Gasteiger partial charge is 0.375 e. The number of ether oxygens (including phenoxy) is 3. The van der Waals surface area contributed by atoms with Gasteiger partial charge in [-0.15, -0.1) is 0 Å². The standard InChI is InChI=1S/C11H20O5/c1-7(2)15-11(9(5)12,10(13)14-6)16-8(3)4/h7-8H,1-6H3. The van der Waals surface area contributed by atoms with E-state index in [9.17, 15) is 9.59 Å². The molecule has 0 aliphatic rings. The van der Waals surface area contributed by atoms with Gasteiger partial charge >= 0.3 is 11.8 Å². The van der Waals surface area contributed by atoms with E-state index in [1.165, 1.54) is 14.0 Å². The molecule has 0 atom stereocenters. The molecule has 5 heteroatoms. The SMILES string of the molecule is COC(=O)C(OC(C)C)(OC(C)C)C(C)=O. The Balaban J connectivity index is 5.21. The topological polar surface area (TPSA) is 61.8 Å². The fraction of sp³-hybridized carbons (Fsp3) is 0.818. The fourth-order valence-corrected chi connectivity index (χ4v) is 1.23. The van der Waals surface area contributed by atoms with E-state index in [0.717, 1.165) is 0 Å². The number of esters is 1. The van der Waals surface area contributed by atoms with E-state index < -0.39 is 17.5 Å². The summed E-state index contributed by atoms with van der Waals surface area (Å²) >= 11 is 0. The van der Waals surface area contributed by atoms with E-state index in [1.807, 2.05) is 0 Å². The summed E-state index contributed by atoms with van der Waals surface area (Å²) in [5.74, 6) is -3.30. The molecule has 0 saturated heterocycles. The Labute approximate surface area is 96.1 Å². The summed E-state index contributed by atoms with van der Waals surface area (Å²) in [5, 5.41) is 0. The lowest BCUT2D eigenvalue weighted by molar-refractivity contribution is -0.257. The van der Waals surface area contributed by atoms with Gasteiger partial charge in [0.15, 0.2) is 0 Å². The number of ketones is 1. The first-order chi connectivity index (χ1) is 7.26. The molecule has 0 unspecified atom stereocenters. The van der Waals surface area contributed by atoms with Crippen LogP contribution < -0.4 is 0 Å². The van der Waals surface area contributed by atoms with Crippen LogP contribution in [0.25, 0.3) is 0 Å². The maximum atomic E-state index is 11.7. The summed E-state index contributed by atoms with van der Waals surface area (Å²) in [7, 11) is 1.19. The molecule has 0 saturated carbocycles. The molecule has 16 heavy (non-hydrogen) atoms. The van der Waals surface area contributed by atoms with Crippen LogP contribution in [0.15, 0.2) is 0 Å².